The molecule has 0 bridgehead atoms. The van der Waals surface area contributed by atoms with Crippen LogP contribution in [0.15, 0.2) is 24.7 Å². The number of aliphatic hydroxyl groups is 1. The third-order valence-electron chi connectivity index (χ3n) is 7.44. The molecule has 2 saturated heterocycles. The molecule has 0 aromatic carbocycles. The number of thiazole rings is 1. The van der Waals surface area contributed by atoms with Crippen LogP contribution in [-0.2, 0) is 14.9 Å². The Morgan fingerprint density at radius 3 is 2.69 bits per heavy atom. The highest BCUT2D eigenvalue weighted by Gasteiger charge is 2.44. The van der Waals surface area contributed by atoms with Gasteiger partial charge in [-0.3, -0.25) is 0 Å². The number of hydrogen-bond acceptors (Lipinski definition) is 9. The fraction of sp³-hybridized carbons (Fsp3) is 0.565. The van der Waals surface area contributed by atoms with Gasteiger partial charge in [0, 0.05) is 56.5 Å². The molecule has 3 atom stereocenters. The maximum absolute atomic E-state index is 12.5. The molecule has 5 heterocycles. The molecule has 36 heavy (non-hydrogen) atoms. The van der Waals surface area contributed by atoms with E-state index in [-0.39, 0.29) is 19.2 Å². The van der Waals surface area contributed by atoms with Crippen LogP contribution in [0, 0.1) is 11.8 Å². The number of hydrogen-bond donors (Lipinski definition) is 4. The predicted molar refractivity (Wildman–Crippen MR) is 139 cm³/mol. The van der Waals surface area contributed by atoms with Crippen molar-refractivity contribution < 1.29 is 18.3 Å². The van der Waals surface area contributed by atoms with Crippen molar-refractivity contribution in [2.75, 3.05) is 62.8 Å². The van der Waals surface area contributed by atoms with E-state index in [9.17, 15) is 8.42 Å². The van der Waals surface area contributed by atoms with Gasteiger partial charge >= 0.3 is 0 Å². The highest BCUT2D eigenvalue weighted by Crippen LogP contribution is 2.43. The van der Waals surface area contributed by atoms with Crippen molar-refractivity contribution in [1.29, 1.82) is 0 Å². The monoisotopic (exact) mass is 533 g/mol. The number of fused-ring (bicyclic) bond motifs is 2. The average molecular weight is 534 g/mol. The highest BCUT2D eigenvalue weighted by molar-refractivity contribution is 7.87. The third kappa shape index (κ3) is 4.59. The summed E-state index contributed by atoms with van der Waals surface area (Å²) in [7, 11) is -3.54. The molecule has 194 valence electrons. The summed E-state index contributed by atoms with van der Waals surface area (Å²) in [5, 5.41) is 15.9. The first-order valence-electron chi connectivity index (χ1n) is 12.4. The molecular weight excluding hydrogens is 502 g/mol. The zero-order valence-corrected chi connectivity index (χ0v) is 21.5. The minimum atomic E-state index is -3.54. The molecule has 6 rings (SSSR count). The van der Waals surface area contributed by atoms with Gasteiger partial charge < -0.3 is 25.0 Å². The Kier molecular flexibility index (Phi) is 6.60. The van der Waals surface area contributed by atoms with Gasteiger partial charge in [-0.2, -0.15) is 17.4 Å². The van der Waals surface area contributed by atoms with Crippen molar-refractivity contribution in [3.8, 4) is 10.6 Å². The first kappa shape index (κ1) is 24.1. The number of aliphatic hydroxyl groups excluding tert-OH is 1. The quantitative estimate of drug-likeness (QED) is 0.342. The van der Waals surface area contributed by atoms with Crippen LogP contribution in [0.3, 0.4) is 0 Å². The maximum Gasteiger partial charge on any atom is 0.279 e. The summed E-state index contributed by atoms with van der Waals surface area (Å²) in [6.07, 6.45) is 7.54. The summed E-state index contributed by atoms with van der Waals surface area (Å²) < 4.78 is 34.5. The lowest BCUT2D eigenvalue weighted by Crippen LogP contribution is -2.41. The second-order valence-corrected chi connectivity index (χ2v) is 12.4. The largest absolute Gasteiger partial charge is 0.395 e. The van der Waals surface area contributed by atoms with E-state index in [2.05, 4.69) is 24.9 Å². The van der Waals surface area contributed by atoms with Crippen molar-refractivity contribution in [2.45, 2.75) is 18.9 Å². The molecule has 13 heteroatoms. The summed E-state index contributed by atoms with van der Waals surface area (Å²) in [5.74, 6) is 0.626. The van der Waals surface area contributed by atoms with E-state index in [1.807, 2.05) is 24.7 Å². The van der Waals surface area contributed by atoms with Crippen LogP contribution in [0.1, 0.15) is 12.8 Å². The van der Waals surface area contributed by atoms with E-state index in [0.29, 0.717) is 24.9 Å². The molecule has 1 aliphatic carbocycles. The number of aromatic amines is 1. The van der Waals surface area contributed by atoms with E-state index in [1.165, 1.54) is 4.31 Å². The van der Waals surface area contributed by atoms with Gasteiger partial charge in [-0.1, -0.05) is 11.3 Å². The number of aromatic nitrogens is 3. The number of H-pyrrole nitrogens is 1. The Bertz CT molecular complexity index is 1310. The van der Waals surface area contributed by atoms with Gasteiger partial charge in [-0.25, -0.2) is 9.97 Å². The Hall–Kier alpha value is -2.29. The van der Waals surface area contributed by atoms with E-state index in [4.69, 9.17) is 14.8 Å². The number of nitrogens with one attached hydrogen (secondary N) is 3. The van der Waals surface area contributed by atoms with E-state index >= 15 is 0 Å². The minimum Gasteiger partial charge on any atom is -0.395 e. The van der Waals surface area contributed by atoms with E-state index < -0.39 is 10.2 Å². The second kappa shape index (κ2) is 9.88. The van der Waals surface area contributed by atoms with Crippen molar-refractivity contribution >= 4 is 43.3 Å². The summed E-state index contributed by atoms with van der Waals surface area (Å²) >= 11 is 1.67. The molecule has 0 radical (unpaired) electrons. The lowest BCUT2D eigenvalue weighted by Gasteiger charge is -2.26. The number of morpholine rings is 1. The van der Waals surface area contributed by atoms with Gasteiger partial charge in [0.15, 0.2) is 0 Å². The smallest absolute Gasteiger partial charge is 0.279 e. The number of nitrogens with zero attached hydrogens (tertiary/aromatic N) is 4. The summed E-state index contributed by atoms with van der Waals surface area (Å²) in [6, 6.07) is 2.29. The van der Waals surface area contributed by atoms with Crippen molar-refractivity contribution in [2.24, 2.45) is 11.8 Å². The fourth-order valence-electron chi connectivity index (χ4n) is 5.69. The van der Waals surface area contributed by atoms with Crippen LogP contribution >= 0.6 is 11.3 Å². The fourth-order valence-corrected chi connectivity index (χ4v) is 7.98. The average Bonchev–Trinajstić information content (AvgIpc) is 3.67. The number of rotatable bonds is 8. The van der Waals surface area contributed by atoms with Crippen LogP contribution < -0.4 is 14.9 Å². The Balaban J connectivity index is 1.20. The van der Waals surface area contributed by atoms with Crippen LogP contribution in [0.2, 0.25) is 0 Å². The molecule has 2 aliphatic heterocycles. The molecule has 4 N–H and O–H groups in total. The van der Waals surface area contributed by atoms with Gasteiger partial charge in [-0.05, 0) is 30.7 Å². The molecule has 3 fully saturated rings. The van der Waals surface area contributed by atoms with Gasteiger partial charge in [0.2, 0.25) is 0 Å². The maximum atomic E-state index is 12.5. The van der Waals surface area contributed by atoms with E-state index in [1.54, 1.807) is 11.3 Å². The standard InChI is InChI=1S/C23H31N7O4S2/c31-6-3-27-36(32,33)30-13-15-9-17(10-16(15)14-30)28-21-18-1-2-24-22(18)25-11-19(21)23-26-12-20(35-23)29-4-7-34-8-5-29/h1-2,11-12,15-17,27,31H,3-10,13-14H2,(H2,24,25,28)/t15-,16+,17?. The molecule has 11 nitrogen and oxygen atoms in total. The zero-order chi connectivity index (χ0) is 24.7. The Morgan fingerprint density at radius 2 is 1.94 bits per heavy atom. The molecule has 3 aromatic heterocycles. The van der Waals surface area contributed by atoms with Crippen LogP contribution in [-0.4, -0.2) is 91.4 Å². The molecule has 0 amide bonds. The molecule has 3 aromatic rings. The number of anilines is 2. The molecule has 1 unspecified atom stereocenters. The van der Waals surface area contributed by atoms with Crippen LogP contribution in [0.4, 0.5) is 10.7 Å². The summed E-state index contributed by atoms with van der Waals surface area (Å²) in [5.41, 5.74) is 2.85. The van der Waals surface area contributed by atoms with Crippen molar-refractivity contribution in [3.05, 3.63) is 24.7 Å². The Morgan fingerprint density at radius 1 is 1.17 bits per heavy atom. The normalized spacial score (nSPS) is 25.0. The van der Waals surface area contributed by atoms with Gasteiger partial charge in [-0.15, -0.1) is 0 Å². The van der Waals surface area contributed by atoms with E-state index in [0.717, 1.165) is 71.4 Å². The first-order chi connectivity index (χ1) is 17.5. The molecule has 0 spiro atoms. The Labute approximate surface area is 214 Å². The summed E-state index contributed by atoms with van der Waals surface area (Å²) in [6.45, 7) is 4.07. The molecular formula is C23H31N7O4S2. The first-order valence-corrected chi connectivity index (χ1v) is 14.6. The van der Waals surface area contributed by atoms with Crippen molar-refractivity contribution in [3.63, 3.8) is 0 Å². The molecule has 3 aliphatic rings. The lowest BCUT2D eigenvalue weighted by molar-refractivity contribution is 0.123. The predicted octanol–water partition coefficient (Wildman–Crippen LogP) is 1.47. The molecule has 1 saturated carbocycles. The summed E-state index contributed by atoms with van der Waals surface area (Å²) in [4.78, 5) is 14.9. The number of ether oxygens (including phenoxy) is 1. The topological polar surface area (TPSA) is 136 Å². The van der Waals surface area contributed by atoms with Gasteiger partial charge in [0.25, 0.3) is 10.2 Å². The van der Waals surface area contributed by atoms with Crippen LogP contribution in [0.25, 0.3) is 21.6 Å². The van der Waals surface area contributed by atoms with Gasteiger partial charge in [0.05, 0.1) is 37.3 Å². The number of pyridine rings is 1. The minimum absolute atomic E-state index is 0.0415. The highest BCUT2D eigenvalue weighted by atomic mass is 32.2. The second-order valence-electron chi connectivity index (χ2n) is 9.66. The third-order valence-corrected chi connectivity index (χ3v) is 10.1. The lowest BCUT2D eigenvalue weighted by atomic mass is 10.0. The van der Waals surface area contributed by atoms with Gasteiger partial charge in [0.1, 0.15) is 15.7 Å². The van der Waals surface area contributed by atoms with Crippen LogP contribution in [0.5, 0.6) is 0 Å². The van der Waals surface area contributed by atoms with Crippen molar-refractivity contribution in [1.82, 2.24) is 24.0 Å². The zero-order valence-electron chi connectivity index (χ0n) is 19.9. The SMILES string of the molecule is O=S(=O)(NCCO)N1C[C@H]2CC(Nc3c(-c4ncc(N5CCOCC5)s4)cnc4[nH]ccc34)C[C@H]2C1.